The Bertz CT molecular complexity index is 429. The molecular formula is C16H27FN2O. The Kier molecular flexibility index (Phi) is 5.96. The molecule has 2 N–H and O–H groups in total. The summed E-state index contributed by atoms with van der Waals surface area (Å²) in [5.74, 6) is -0.207. The van der Waals surface area contributed by atoms with Gasteiger partial charge in [0.25, 0.3) is 0 Å². The first-order valence-electron chi connectivity index (χ1n) is 7.21. The largest absolute Gasteiger partial charge is 0.389 e. The van der Waals surface area contributed by atoms with Crippen LogP contribution in [0.15, 0.2) is 18.2 Å². The van der Waals surface area contributed by atoms with E-state index in [0.717, 1.165) is 18.7 Å². The van der Waals surface area contributed by atoms with Gasteiger partial charge in [-0.25, -0.2) is 4.39 Å². The number of halogens is 1. The fourth-order valence-corrected chi connectivity index (χ4v) is 2.42. The minimum atomic E-state index is -0.821. The van der Waals surface area contributed by atoms with E-state index in [0.29, 0.717) is 12.1 Å². The monoisotopic (exact) mass is 282 g/mol. The van der Waals surface area contributed by atoms with Gasteiger partial charge in [-0.05, 0) is 45.9 Å². The van der Waals surface area contributed by atoms with Crippen molar-refractivity contribution in [1.29, 1.82) is 0 Å². The van der Waals surface area contributed by atoms with Crippen molar-refractivity contribution in [3.8, 4) is 0 Å². The van der Waals surface area contributed by atoms with Crippen molar-refractivity contribution in [3.63, 3.8) is 0 Å². The molecule has 0 aromatic heterocycles. The molecule has 1 unspecified atom stereocenters. The van der Waals surface area contributed by atoms with Gasteiger partial charge in [0.15, 0.2) is 0 Å². The van der Waals surface area contributed by atoms with Crippen LogP contribution in [0, 0.1) is 5.82 Å². The zero-order chi connectivity index (χ0) is 15.3. The molecule has 0 aliphatic carbocycles. The Balaban J connectivity index is 3.04. The number of likely N-dealkylation sites (N-methyl/N-ethyl adjacent to an activating group) is 1. The molecule has 1 atom stereocenters. The van der Waals surface area contributed by atoms with E-state index in [1.165, 1.54) is 6.07 Å². The highest BCUT2D eigenvalue weighted by Gasteiger charge is 2.21. The van der Waals surface area contributed by atoms with Gasteiger partial charge < -0.3 is 15.3 Å². The lowest BCUT2D eigenvalue weighted by Crippen LogP contribution is -2.37. The van der Waals surface area contributed by atoms with Crippen molar-refractivity contribution in [2.75, 3.05) is 25.0 Å². The molecule has 1 aromatic carbocycles. The average molecular weight is 282 g/mol. The number of nitrogens with one attached hydrogen (secondary N) is 1. The molecule has 0 fully saturated rings. The van der Waals surface area contributed by atoms with Gasteiger partial charge in [0.05, 0.1) is 5.60 Å². The summed E-state index contributed by atoms with van der Waals surface area (Å²) in [5, 5.41) is 13.3. The van der Waals surface area contributed by atoms with E-state index in [2.05, 4.69) is 12.2 Å². The van der Waals surface area contributed by atoms with Crippen LogP contribution in [0.4, 0.5) is 10.1 Å². The number of anilines is 1. The maximum absolute atomic E-state index is 14.2. The number of rotatable bonds is 7. The van der Waals surface area contributed by atoms with Crippen molar-refractivity contribution < 1.29 is 9.50 Å². The Morgan fingerprint density at radius 3 is 2.60 bits per heavy atom. The normalized spacial score (nSPS) is 13.3. The molecule has 1 aromatic rings. The van der Waals surface area contributed by atoms with Crippen molar-refractivity contribution in [2.24, 2.45) is 0 Å². The number of hydrogen-bond donors (Lipinski definition) is 2. The zero-order valence-corrected chi connectivity index (χ0v) is 13.2. The van der Waals surface area contributed by atoms with E-state index in [9.17, 15) is 9.50 Å². The molecule has 0 aliphatic rings. The first-order chi connectivity index (χ1) is 9.26. The molecule has 4 heteroatoms. The van der Waals surface area contributed by atoms with E-state index >= 15 is 0 Å². The maximum Gasteiger partial charge on any atom is 0.130 e. The number of hydrogen-bond acceptors (Lipinski definition) is 3. The summed E-state index contributed by atoms with van der Waals surface area (Å²) in [5.41, 5.74) is 0.661. The zero-order valence-electron chi connectivity index (χ0n) is 13.2. The lowest BCUT2D eigenvalue weighted by atomic mass is 10.0. The molecule has 3 nitrogen and oxygen atoms in total. The highest BCUT2D eigenvalue weighted by Crippen LogP contribution is 2.29. The van der Waals surface area contributed by atoms with Gasteiger partial charge in [-0.15, -0.1) is 0 Å². The molecule has 0 amide bonds. The first kappa shape index (κ1) is 16.9. The van der Waals surface area contributed by atoms with Gasteiger partial charge >= 0.3 is 0 Å². The highest BCUT2D eigenvalue weighted by molar-refractivity contribution is 5.55. The molecule has 0 radical (unpaired) electrons. The van der Waals surface area contributed by atoms with Gasteiger partial charge in [0.1, 0.15) is 5.82 Å². The molecule has 0 saturated heterocycles. The minimum Gasteiger partial charge on any atom is -0.389 e. The van der Waals surface area contributed by atoms with Gasteiger partial charge in [0.2, 0.25) is 0 Å². The second kappa shape index (κ2) is 7.04. The van der Waals surface area contributed by atoms with Crippen molar-refractivity contribution in [3.05, 3.63) is 29.6 Å². The molecule has 0 spiro atoms. The fourth-order valence-electron chi connectivity index (χ4n) is 2.42. The van der Waals surface area contributed by atoms with Crippen LogP contribution in [0.2, 0.25) is 0 Å². The first-order valence-corrected chi connectivity index (χ1v) is 7.21. The van der Waals surface area contributed by atoms with Crippen LogP contribution < -0.4 is 10.2 Å². The molecule has 20 heavy (non-hydrogen) atoms. The number of benzene rings is 1. The Morgan fingerprint density at radius 2 is 2.05 bits per heavy atom. The van der Waals surface area contributed by atoms with E-state index in [1.54, 1.807) is 19.9 Å². The highest BCUT2D eigenvalue weighted by atomic mass is 19.1. The van der Waals surface area contributed by atoms with Crippen molar-refractivity contribution >= 4 is 5.69 Å². The molecule has 0 saturated carbocycles. The third kappa shape index (κ3) is 4.76. The summed E-state index contributed by atoms with van der Waals surface area (Å²) in [6.07, 6.45) is 1.01. The van der Waals surface area contributed by atoms with Crippen LogP contribution in [0.1, 0.15) is 45.7 Å². The van der Waals surface area contributed by atoms with Gasteiger partial charge in [-0.3, -0.25) is 0 Å². The lowest BCUT2D eigenvalue weighted by molar-refractivity contribution is 0.0885. The van der Waals surface area contributed by atoms with Crippen LogP contribution in [-0.4, -0.2) is 30.8 Å². The van der Waals surface area contributed by atoms with E-state index in [4.69, 9.17) is 0 Å². The van der Waals surface area contributed by atoms with Gasteiger partial charge in [-0.1, -0.05) is 13.0 Å². The quantitative estimate of drug-likeness (QED) is 0.806. The standard InChI is InChI=1S/C16H27FN2O/c1-6-10-18-12(2)15-13(17)8-7-9-14(15)19(5)11-16(3,4)20/h7-9,12,18,20H,6,10-11H2,1-5H3. The summed E-state index contributed by atoms with van der Waals surface area (Å²) >= 11 is 0. The van der Waals surface area contributed by atoms with E-state index in [-0.39, 0.29) is 11.9 Å². The van der Waals surface area contributed by atoms with Crippen LogP contribution in [0.25, 0.3) is 0 Å². The van der Waals surface area contributed by atoms with Crippen LogP contribution in [-0.2, 0) is 0 Å². The fraction of sp³-hybridized carbons (Fsp3) is 0.625. The maximum atomic E-state index is 14.2. The average Bonchev–Trinajstić information content (AvgIpc) is 2.33. The Morgan fingerprint density at radius 1 is 1.40 bits per heavy atom. The smallest absolute Gasteiger partial charge is 0.130 e. The van der Waals surface area contributed by atoms with Gasteiger partial charge in [0, 0.05) is 30.9 Å². The van der Waals surface area contributed by atoms with Gasteiger partial charge in [-0.2, -0.15) is 0 Å². The third-order valence-electron chi connectivity index (χ3n) is 3.20. The van der Waals surface area contributed by atoms with E-state index < -0.39 is 5.60 Å². The summed E-state index contributed by atoms with van der Waals surface area (Å²) in [6.45, 7) is 8.86. The van der Waals surface area contributed by atoms with Crippen LogP contribution in [0.5, 0.6) is 0 Å². The van der Waals surface area contributed by atoms with Crippen molar-refractivity contribution in [1.82, 2.24) is 5.32 Å². The molecule has 0 heterocycles. The molecular weight excluding hydrogens is 255 g/mol. The van der Waals surface area contributed by atoms with Crippen molar-refractivity contribution in [2.45, 2.75) is 45.8 Å². The second-order valence-corrected chi connectivity index (χ2v) is 6.02. The third-order valence-corrected chi connectivity index (χ3v) is 3.20. The molecule has 114 valence electrons. The van der Waals surface area contributed by atoms with Crippen LogP contribution >= 0.6 is 0 Å². The van der Waals surface area contributed by atoms with Crippen LogP contribution in [0.3, 0.4) is 0 Å². The second-order valence-electron chi connectivity index (χ2n) is 6.02. The predicted octanol–water partition coefficient (Wildman–Crippen LogP) is 3.09. The topological polar surface area (TPSA) is 35.5 Å². The Labute approximate surface area is 121 Å². The molecule has 0 bridgehead atoms. The SMILES string of the molecule is CCCNC(C)c1c(F)cccc1N(C)CC(C)(C)O. The Hall–Kier alpha value is -1.13. The minimum absolute atomic E-state index is 0.0598. The molecule has 0 aliphatic heterocycles. The van der Waals surface area contributed by atoms with E-state index in [1.807, 2.05) is 24.9 Å². The summed E-state index contributed by atoms with van der Waals surface area (Å²) in [6, 6.07) is 5.03. The summed E-state index contributed by atoms with van der Waals surface area (Å²) in [7, 11) is 1.88. The molecule has 1 rings (SSSR count). The number of aliphatic hydroxyl groups is 1. The summed E-state index contributed by atoms with van der Waals surface area (Å²) < 4.78 is 14.2. The lowest BCUT2D eigenvalue weighted by Gasteiger charge is -2.30. The predicted molar refractivity (Wildman–Crippen MR) is 82.7 cm³/mol. The summed E-state index contributed by atoms with van der Waals surface area (Å²) in [4.78, 5) is 1.91. The number of nitrogens with zero attached hydrogens (tertiary/aromatic N) is 1.